The SMILES string of the molecule is CNC(=O)C(Cc1ccccc1F)N(C)C(=O)C(Cc1ccc2ccccc2c1)N(C)C(=O)OC(C)(C)C. The summed E-state index contributed by atoms with van der Waals surface area (Å²) in [6, 6.07) is 17.9. The molecular formula is C30H36FN3O4. The smallest absolute Gasteiger partial charge is 0.410 e. The van der Waals surface area contributed by atoms with Crippen molar-refractivity contribution in [2.45, 2.75) is 51.3 Å². The minimum Gasteiger partial charge on any atom is -0.444 e. The average Bonchev–Trinajstić information content (AvgIpc) is 2.88. The Balaban J connectivity index is 1.96. The maximum atomic E-state index is 14.4. The molecule has 0 radical (unpaired) electrons. The summed E-state index contributed by atoms with van der Waals surface area (Å²) >= 11 is 0. The zero-order valence-electron chi connectivity index (χ0n) is 22.8. The summed E-state index contributed by atoms with van der Waals surface area (Å²) in [4.78, 5) is 42.4. The van der Waals surface area contributed by atoms with Gasteiger partial charge in [-0.05, 0) is 48.7 Å². The van der Waals surface area contributed by atoms with Crippen LogP contribution in [-0.4, -0.2) is 66.5 Å². The van der Waals surface area contributed by atoms with Gasteiger partial charge in [-0.3, -0.25) is 14.5 Å². The highest BCUT2D eigenvalue weighted by Crippen LogP contribution is 2.21. The number of hydrogen-bond donors (Lipinski definition) is 1. The number of fused-ring (bicyclic) bond motifs is 1. The molecule has 0 heterocycles. The number of nitrogens with zero attached hydrogens (tertiary/aromatic N) is 2. The maximum absolute atomic E-state index is 14.4. The number of halogens is 1. The fourth-order valence-corrected chi connectivity index (χ4v) is 4.27. The van der Waals surface area contributed by atoms with Crippen molar-refractivity contribution in [2.24, 2.45) is 0 Å². The highest BCUT2D eigenvalue weighted by atomic mass is 19.1. The van der Waals surface area contributed by atoms with Crippen molar-refractivity contribution in [1.29, 1.82) is 0 Å². The second-order valence-corrected chi connectivity index (χ2v) is 10.4. The third kappa shape index (κ3) is 7.09. The first-order valence-electron chi connectivity index (χ1n) is 12.6. The fraction of sp³-hybridized carbons (Fsp3) is 0.367. The van der Waals surface area contributed by atoms with Crippen LogP contribution in [0.3, 0.4) is 0 Å². The lowest BCUT2D eigenvalue weighted by molar-refractivity contribution is -0.142. The van der Waals surface area contributed by atoms with E-state index in [1.54, 1.807) is 39.0 Å². The molecule has 0 aliphatic rings. The molecule has 2 unspecified atom stereocenters. The number of amides is 3. The number of carbonyl (C=O) groups excluding carboxylic acids is 3. The molecule has 0 aromatic heterocycles. The number of rotatable bonds is 8. The first-order valence-corrected chi connectivity index (χ1v) is 12.6. The Hall–Kier alpha value is -3.94. The first kappa shape index (κ1) is 28.6. The second-order valence-electron chi connectivity index (χ2n) is 10.4. The lowest BCUT2D eigenvalue weighted by atomic mass is 9.98. The van der Waals surface area contributed by atoms with Crippen LogP contribution in [0.2, 0.25) is 0 Å². The molecule has 8 heteroatoms. The Labute approximate surface area is 223 Å². The Morgan fingerprint density at radius 3 is 2.13 bits per heavy atom. The molecule has 0 aliphatic carbocycles. The molecule has 3 amide bonds. The van der Waals surface area contributed by atoms with Gasteiger partial charge in [-0.1, -0.05) is 60.7 Å². The summed E-state index contributed by atoms with van der Waals surface area (Å²) in [5.74, 6) is -1.36. The molecule has 7 nitrogen and oxygen atoms in total. The lowest BCUT2D eigenvalue weighted by Gasteiger charge is -2.35. The molecule has 3 aromatic rings. The van der Waals surface area contributed by atoms with Crippen LogP contribution in [0.4, 0.5) is 9.18 Å². The van der Waals surface area contributed by atoms with Gasteiger partial charge in [0.2, 0.25) is 11.8 Å². The molecule has 3 aromatic carbocycles. The van der Waals surface area contributed by atoms with Crippen LogP contribution in [-0.2, 0) is 27.2 Å². The average molecular weight is 522 g/mol. The van der Waals surface area contributed by atoms with Crippen molar-refractivity contribution in [1.82, 2.24) is 15.1 Å². The number of carbonyl (C=O) groups is 3. The van der Waals surface area contributed by atoms with E-state index in [-0.39, 0.29) is 12.8 Å². The summed E-state index contributed by atoms with van der Waals surface area (Å²) in [5, 5.41) is 4.64. The van der Waals surface area contributed by atoms with Crippen LogP contribution >= 0.6 is 0 Å². The van der Waals surface area contributed by atoms with Crippen LogP contribution in [0.25, 0.3) is 10.8 Å². The zero-order valence-corrected chi connectivity index (χ0v) is 22.8. The normalized spacial score (nSPS) is 12.9. The third-order valence-electron chi connectivity index (χ3n) is 6.41. The van der Waals surface area contributed by atoms with Crippen LogP contribution in [0, 0.1) is 5.82 Å². The lowest BCUT2D eigenvalue weighted by Crippen LogP contribution is -2.56. The van der Waals surface area contributed by atoms with Gasteiger partial charge >= 0.3 is 6.09 Å². The van der Waals surface area contributed by atoms with Crippen molar-refractivity contribution < 1.29 is 23.5 Å². The van der Waals surface area contributed by atoms with E-state index in [9.17, 15) is 18.8 Å². The van der Waals surface area contributed by atoms with Crippen molar-refractivity contribution in [3.63, 3.8) is 0 Å². The van der Waals surface area contributed by atoms with Crippen molar-refractivity contribution in [3.05, 3.63) is 83.7 Å². The molecule has 0 aliphatic heterocycles. The van der Waals surface area contributed by atoms with E-state index >= 15 is 0 Å². The van der Waals surface area contributed by atoms with E-state index in [0.29, 0.717) is 5.56 Å². The molecular weight excluding hydrogens is 485 g/mol. The van der Waals surface area contributed by atoms with E-state index in [4.69, 9.17) is 4.74 Å². The van der Waals surface area contributed by atoms with E-state index in [2.05, 4.69) is 5.32 Å². The molecule has 0 saturated heterocycles. The van der Waals surface area contributed by atoms with Gasteiger partial charge in [0.15, 0.2) is 0 Å². The van der Waals surface area contributed by atoms with Crippen molar-refractivity contribution >= 4 is 28.7 Å². The first-order chi connectivity index (χ1) is 17.9. The van der Waals surface area contributed by atoms with E-state index in [1.807, 2.05) is 42.5 Å². The molecule has 1 N–H and O–H groups in total. The van der Waals surface area contributed by atoms with Gasteiger partial charge in [-0.2, -0.15) is 0 Å². The number of likely N-dealkylation sites (N-methyl/N-ethyl adjacent to an activating group) is 3. The summed E-state index contributed by atoms with van der Waals surface area (Å²) in [6.07, 6.45) is -0.479. The molecule has 0 fully saturated rings. The second kappa shape index (κ2) is 12.1. The summed E-state index contributed by atoms with van der Waals surface area (Å²) in [5.41, 5.74) is 0.396. The van der Waals surface area contributed by atoms with Crippen LogP contribution in [0.15, 0.2) is 66.7 Å². The predicted octanol–water partition coefficient (Wildman–Crippen LogP) is 4.57. The maximum Gasteiger partial charge on any atom is 0.410 e. The minimum absolute atomic E-state index is 0.0204. The Kier molecular flexibility index (Phi) is 9.09. The zero-order chi connectivity index (χ0) is 28.0. The number of nitrogens with one attached hydrogen (secondary N) is 1. The molecule has 2 atom stereocenters. The minimum atomic E-state index is -0.990. The van der Waals surface area contributed by atoms with Gasteiger partial charge < -0.3 is 15.0 Å². The van der Waals surface area contributed by atoms with Gasteiger partial charge in [0.1, 0.15) is 23.5 Å². The summed E-state index contributed by atoms with van der Waals surface area (Å²) in [7, 11) is 4.48. The molecule has 0 bridgehead atoms. The molecule has 0 saturated carbocycles. The number of ether oxygens (including phenoxy) is 1. The van der Waals surface area contributed by atoms with Gasteiger partial charge in [0.25, 0.3) is 0 Å². The quantitative estimate of drug-likeness (QED) is 0.471. The Bertz CT molecular complexity index is 1300. The van der Waals surface area contributed by atoms with E-state index in [1.165, 1.54) is 37.0 Å². The van der Waals surface area contributed by atoms with E-state index in [0.717, 1.165) is 16.3 Å². The van der Waals surface area contributed by atoms with Gasteiger partial charge in [0, 0.05) is 34.0 Å². The van der Waals surface area contributed by atoms with Gasteiger partial charge in [0.05, 0.1) is 0 Å². The third-order valence-corrected chi connectivity index (χ3v) is 6.41. The highest BCUT2D eigenvalue weighted by molar-refractivity contribution is 5.91. The van der Waals surface area contributed by atoms with Crippen LogP contribution in [0.5, 0.6) is 0 Å². The molecule has 38 heavy (non-hydrogen) atoms. The fourth-order valence-electron chi connectivity index (χ4n) is 4.27. The highest BCUT2D eigenvalue weighted by Gasteiger charge is 2.36. The predicted molar refractivity (Wildman–Crippen MR) is 146 cm³/mol. The Morgan fingerprint density at radius 2 is 1.50 bits per heavy atom. The number of hydrogen-bond acceptors (Lipinski definition) is 4. The monoisotopic (exact) mass is 521 g/mol. The van der Waals surface area contributed by atoms with Gasteiger partial charge in [-0.25, -0.2) is 9.18 Å². The van der Waals surface area contributed by atoms with Crippen LogP contribution in [0.1, 0.15) is 31.9 Å². The largest absolute Gasteiger partial charge is 0.444 e. The Morgan fingerprint density at radius 1 is 0.868 bits per heavy atom. The van der Waals surface area contributed by atoms with Crippen LogP contribution < -0.4 is 5.32 Å². The molecule has 0 spiro atoms. The molecule has 202 valence electrons. The van der Waals surface area contributed by atoms with Crippen molar-refractivity contribution in [3.8, 4) is 0 Å². The molecule has 3 rings (SSSR count). The summed E-state index contributed by atoms with van der Waals surface area (Å²) in [6.45, 7) is 5.25. The summed E-state index contributed by atoms with van der Waals surface area (Å²) < 4.78 is 20.0. The van der Waals surface area contributed by atoms with Gasteiger partial charge in [-0.15, -0.1) is 0 Å². The number of benzene rings is 3. The van der Waals surface area contributed by atoms with E-state index < -0.39 is 41.4 Å². The van der Waals surface area contributed by atoms with Crippen molar-refractivity contribution in [2.75, 3.05) is 21.1 Å². The standard InChI is InChI=1S/C30H36FN3O4/c1-30(2,3)38-29(37)34(6)26(18-20-15-16-21-11-7-8-12-22(21)17-20)28(36)33(5)25(27(35)32-4)19-23-13-9-10-14-24(23)31/h7-17,25-26H,18-19H2,1-6H3,(H,32,35). The topological polar surface area (TPSA) is 79.0 Å².